The molecule has 32 heavy (non-hydrogen) atoms. The van der Waals surface area contributed by atoms with Gasteiger partial charge in [0.25, 0.3) is 5.56 Å². The lowest BCUT2D eigenvalue weighted by molar-refractivity contribution is -0.145. The van der Waals surface area contributed by atoms with Crippen molar-refractivity contribution in [1.82, 2.24) is 14.0 Å². The Hall–Kier alpha value is -2.46. The van der Waals surface area contributed by atoms with Gasteiger partial charge in [-0.15, -0.1) is 12.4 Å². The van der Waals surface area contributed by atoms with Crippen LogP contribution in [0.25, 0.3) is 11.1 Å². The molecular formula is C22H31ClN4O5. The summed E-state index contributed by atoms with van der Waals surface area (Å²) in [7, 11) is 3.10. The molecule has 9 nitrogen and oxygen atoms in total. The maximum Gasteiger partial charge on any atom is 0.330 e. The van der Waals surface area contributed by atoms with Crippen LogP contribution in [0.4, 0.5) is 0 Å². The van der Waals surface area contributed by atoms with Gasteiger partial charge in [-0.05, 0) is 24.5 Å². The Labute approximate surface area is 193 Å². The Morgan fingerprint density at radius 3 is 2.38 bits per heavy atom. The first-order valence-electron chi connectivity index (χ1n) is 10.4. The molecule has 2 heterocycles. The minimum Gasteiger partial charge on any atom is -0.463 e. The second kappa shape index (κ2) is 11.4. The number of carbonyl (C=O) groups excluding carboxylic acids is 1. The third-order valence-electron chi connectivity index (χ3n) is 5.71. The van der Waals surface area contributed by atoms with Crippen LogP contribution >= 0.6 is 12.4 Å². The highest BCUT2D eigenvalue weighted by Gasteiger charge is 2.18. The Kier molecular flexibility index (Phi) is 9.21. The van der Waals surface area contributed by atoms with Crippen LogP contribution in [0.3, 0.4) is 0 Å². The first-order valence-corrected chi connectivity index (χ1v) is 10.4. The van der Waals surface area contributed by atoms with Gasteiger partial charge in [-0.25, -0.2) is 4.79 Å². The number of aromatic nitrogens is 2. The van der Waals surface area contributed by atoms with Crippen LogP contribution in [0.2, 0.25) is 0 Å². The summed E-state index contributed by atoms with van der Waals surface area (Å²) in [5, 5.41) is 0. The summed E-state index contributed by atoms with van der Waals surface area (Å²) in [5.41, 5.74) is 7.97. The molecule has 1 aromatic carbocycles. The van der Waals surface area contributed by atoms with Crippen molar-refractivity contribution in [1.29, 1.82) is 0 Å². The third kappa shape index (κ3) is 5.86. The first kappa shape index (κ1) is 25.8. The number of esters is 1. The quantitative estimate of drug-likeness (QED) is 0.581. The Bertz CT molecular complexity index is 1040. The third-order valence-corrected chi connectivity index (χ3v) is 5.71. The van der Waals surface area contributed by atoms with E-state index in [0.29, 0.717) is 49.6 Å². The highest BCUT2D eigenvalue weighted by atomic mass is 35.5. The summed E-state index contributed by atoms with van der Waals surface area (Å²) in [6.45, 7) is 5.81. The molecule has 1 aliphatic rings. The molecule has 0 radical (unpaired) electrons. The Balaban J connectivity index is 0.00000363. The van der Waals surface area contributed by atoms with Crippen LogP contribution in [0.15, 0.2) is 33.9 Å². The Morgan fingerprint density at radius 1 is 1.12 bits per heavy atom. The molecule has 3 rings (SSSR count). The number of carbonyl (C=O) groups is 1. The lowest BCUT2D eigenvalue weighted by Gasteiger charge is -2.26. The van der Waals surface area contributed by atoms with E-state index < -0.39 is 12.0 Å². The zero-order valence-electron chi connectivity index (χ0n) is 18.7. The molecule has 1 fully saturated rings. The van der Waals surface area contributed by atoms with E-state index in [9.17, 15) is 14.4 Å². The number of rotatable bonds is 7. The van der Waals surface area contributed by atoms with Crippen LogP contribution in [0.1, 0.15) is 11.3 Å². The topological polar surface area (TPSA) is 109 Å². The van der Waals surface area contributed by atoms with Gasteiger partial charge in [0.1, 0.15) is 12.6 Å². The molecule has 0 bridgehead atoms. The van der Waals surface area contributed by atoms with Crippen LogP contribution < -0.4 is 17.0 Å². The fraction of sp³-hybridized carbons (Fsp3) is 0.500. The predicted molar refractivity (Wildman–Crippen MR) is 124 cm³/mol. The molecule has 0 unspecified atom stereocenters. The van der Waals surface area contributed by atoms with Crippen LogP contribution in [-0.2, 0) is 34.8 Å². The van der Waals surface area contributed by atoms with E-state index in [1.54, 1.807) is 26.1 Å². The number of morpholine rings is 1. The number of hydrogen-bond donors (Lipinski definition) is 1. The monoisotopic (exact) mass is 466 g/mol. The summed E-state index contributed by atoms with van der Waals surface area (Å²) < 4.78 is 13.2. The summed E-state index contributed by atoms with van der Waals surface area (Å²) in [4.78, 5) is 39.0. The number of halogens is 1. The van der Waals surface area contributed by atoms with Gasteiger partial charge < -0.3 is 19.8 Å². The molecular weight excluding hydrogens is 436 g/mol. The molecule has 0 aliphatic carbocycles. The van der Waals surface area contributed by atoms with E-state index in [0.717, 1.165) is 23.2 Å². The van der Waals surface area contributed by atoms with Crippen molar-refractivity contribution in [3.05, 3.63) is 56.4 Å². The van der Waals surface area contributed by atoms with Crippen molar-refractivity contribution in [2.45, 2.75) is 19.4 Å². The van der Waals surface area contributed by atoms with E-state index in [-0.39, 0.29) is 23.7 Å². The molecule has 1 aromatic heterocycles. The number of hydrogen-bond acceptors (Lipinski definition) is 7. The SMILES string of the molecule is Cc1c(-c2ccc(C[C@H](N)C(=O)OCCN3CCOCC3)cc2)c(=O)n(C)c(=O)n1C.Cl. The largest absolute Gasteiger partial charge is 0.463 e. The van der Waals surface area contributed by atoms with Crippen LogP contribution in [-0.4, -0.2) is 65.5 Å². The van der Waals surface area contributed by atoms with E-state index in [1.165, 1.54) is 11.6 Å². The smallest absolute Gasteiger partial charge is 0.330 e. The highest BCUT2D eigenvalue weighted by Crippen LogP contribution is 2.19. The van der Waals surface area contributed by atoms with E-state index in [4.69, 9.17) is 15.2 Å². The number of benzene rings is 1. The van der Waals surface area contributed by atoms with E-state index in [1.807, 2.05) is 12.1 Å². The molecule has 1 aliphatic heterocycles. The molecule has 1 atom stereocenters. The van der Waals surface area contributed by atoms with Gasteiger partial charge >= 0.3 is 11.7 Å². The van der Waals surface area contributed by atoms with Crippen LogP contribution in [0, 0.1) is 6.92 Å². The van der Waals surface area contributed by atoms with E-state index in [2.05, 4.69) is 4.90 Å². The summed E-state index contributed by atoms with van der Waals surface area (Å²) in [6, 6.07) is 6.52. The first-order chi connectivity index (χ1) is 14.8. The zero-order valence-corrected chi connectivity index (χ0v) is 19.5. The maximum atomic E-state index is 12.6. The van der Waals surface area contributed by atoms with Crippen molar-refractivity contribution in [3.8, 4) is 11.1 Å². The molecule has 10 heteroatoms. The molecule has 2 N–H and O–H groups in total. The highest BCUT2D eigenvalue weighted by molar-refractivity contribution is 5.85. The van der Waals surface area contributed by atoms with Crippen LogP contribution in [0.5, 0.6) is 0 Å². The molecule has 2 aromatic rings. The van der Waals surface area contributed by atoms with Gasteiger partial charge in [-0.2, -0.15) is 0 Å². The average molecular weight is 467 g/mol. The average Bonchev–Trinajstić information content (AvgIpc) is 2.78. The predicted octanol–water partition coefficient (Wildman–Crippen LogP) is 0.226. The minimum atomic E-state index is -0.761. The lowest BCUT2D eigenvalue weighted by Crippen LogP contribution is -2.40. The second-order valence-electron chi connectivity index (χ2n) is 7.80. The Morgan fingerprint density at radius 2 is 1.75 bits per heavy atom. The van der Waals surface area contributed by atoms with Crippen molar-refractivity contribution < 1.29 is 14.3 Å². The van der Waals surface area contributed by atoms with E-state index >= 15 is 0 Å². The fourth-order valence-corrected chi connectivity index (χ4v) is 3.63. The lowest BCUT2D eigenvalue weighted by atomic mass is 10.0. The van der Waals surface area contributed by atoms with Gasteiger partial charge in [-0.3, -0.25) is 19.1 Å². The van der Waals surface area contributed by atoms with Gasteiger partial charge in [0, 0.05) is 39.4 Å². The van der Waals surface area contributed by atoms with Gasteiger partial charge in [0.15, 0.2) is 0 Å². The number of nitrogens with two attached hydrogens (primary N) is 1. The van der Waals surface area contributed by atoms with Crippen molar-refractivity contribution in [3.63, 3.8) is 0 Å². The molecule has 176 valence electrons. The van der Waals surface area contributed by atoms with Crippen molar-refractivity contribution in [2.24, 2.45) is 19.8 Å². The molecule has 1 saturated heterocycles. The van der Waals surface area contributed by atoms with Gasteiger partial charge in [-0.1, -0.05) is 24.3 Å². The van der Waals surface area contributed by atoms with Crippen molar-refractivity contribution >= 4 is 18.4 Å². The van der Waals surface area contributed by atoms with Gasteiger partial charge in [0.05, 0.1) is 18.8 Å². The standard InChI is InChI=1S/C22H30N4O5.ClH/c1-15-19(20(27)25(3)22(29)24(15)2)17-6-4-16(5-7-17)14-18(23)21(28)31-13-10-26-8-11-30-12-9-26;/h4-7,18H,8-14,23H2,1-3H3;1H/t18-;/m0./s1. The van der Waals surface area contributed by atoms with Crippen molar-refractivity contribution in [2.75, 3.05) is 39.5 Å². The number of ether oxygens (including phenoxy) is 2. The maximum absolute atomic E-state index is 12.6. The molecule has 0 saturated carbocycles. The van der Waals surface area contributed by atoms with Gasteiger partial charge in [0.2, 0.25) is 0 Å². The molecule has 0 spiro atoms. The second-order valence-corrected chi connectivity index (χ2v) is 7.80. The summed E-state index contributed by atoms with van der Waals surface area (Å²) >= 11 is 0. The number of nitrogens with zero attached hydrogens (tertiary/aromatic N) is 3. The fourth-order valence-electron chi connectivity index (χ4n) is 3.63. The summed E-state index contributed by atoms with van der Waals surface area (Å²) in [5.74, 6) is -0.430. The zero-order chi connectivity index (χ0) is 22.5. The molecule has 0 amide bonds. The minimum absolute atomic E-state index is 0. The normalized spacial score (nSPS) is 15.1. The summed E-state index contributed by atoms with van der Waals surface area (Å²) in [6.07, 6.45) is 0.334.